The Balaban J connectivity index is 1.78. The van der Waals surface area contributed by atoms with Gasteiger partial charge in [-0.15, -0.1) is 0 Å². The fourth-order valence-electron chi connectivity index (χ4n) is 7.43. The number of nitrogens with zero attached hydrogens (tertiary/aromatic N) is 2. The fraction of sp³-hybridized carbons (Fsp3) is 0.562. The van der Waals surface area contributed by atoms with Crippen molar-refractivity contribution < 1.29 is 0 Å². The van der Waals surface area contributed by atoms with Gasteiger partial charge in [0.25, 0.3) is 0 Å². The molecule has 2 nitrogen and oxygen atoms in total. The van der Waals surface area contributed by atoms with Gasteiger partial charge < -0.3 is 9.80 Å². The van der Waals surface area contributed by atoms with Crippen molar-refractivity contribution in [3.63, 3.8) is 0 Å². The highest BCUT2D eigenvalue weighted by atomic mass is 15.4. The van der Waals surface area contributed by atoms with Crippen LogP contribution >= 0.6 is 0 Å². The molecule has 2 aliphatic heterocycles. The average molecular weight is 457 g/mol. The number of hydrogen-bond donors (Lipinski definition) is 0. The third-order valence-electron chi connectivity index (χ3n) is 10.4. The highest BCUT2D eigenvalue weighted by Crippen LogP contribution is 2.60. The molecule has 2 heterocycles. The van der Waals surface area contributed by atoms with Crippen LogP contribution in [0.2, 0.25) is 0 Å². The van der Waals surface area contributed by atoms with Crippen molar-refractivity contribution in [1.29, 1.82) is 0 Å². The van der Waals surface area contributed by atoms with Crippen molar-refractivity contribution in [2.45, 2.75) is 103 Å². The Kier molecular flexibility index (Phi) is 5.66. The van der Waals surface area contributed by atoms with E-state index in [9.17, 15) is 0 Å². The normalized spacial score (nSPS) is 31.2. The van der Waals surface area contributed by atoms with E-state index in [0.717, 1.165) is 6.42 Å². The zero-order chi connectivity index (χ0) is 24.3. The molecule has 0 saturated heterocycles. The number of hydrogen-bond acceptors (Lipinski definition) is 2. The lowest BCUT2D eigenvalue weighted by Gasteiger charge is -2.47. The Labute approximate surface area is 208 Å². The molecule has 0 bridgehead atoms. The van der Waals surface area contributed by atoms with Gasteiger partial charge in [-0.3, -0.25) is 0 Å². The molecule has 0 radical (unpaired) electrons. The first kappa shape index (κ1) is 23.5. The predicted octanol–water partition coefficient (Wildman–Crippen LogP) is 8.59. The van der Waals surface area contributed by atoms with E-state index in [4.69, 9.17) is 0 Å². The third kappa shape index (κ3) is 3.06. The molecule has 0 spiro atoms. The monoisotopic (exact) mass is 456 g/mol. The van der Waals surface area contributed by atoms with Crippen molar-refractivity contribution in [1.82, 2.24) is 4.90 Å². The first-order valence-electron chi connectivity index (χ1n) is 13.7. The molecular weight excluding hydrogens is 412 g/mol. The van der Waals surface area contributed by atoms with Crippen LogP contribution in [0.1, 0.15) is 103 Å². The number of benzene rings is 2. The molecule has 2 heteroatoms. The van der Waals surface area contributed by atoms with Gasteiger partial charge in [0.05, 0.1) is 0 Å². The Morgan fingerprint density at radius 1 is 0.853 bits per heavy atom. The summed E-state index contributed by atoms with van der Waals surface area (Å²) in [4.78, 5) is 5.03. The van der Waals surface area contributed by atoms with Gasteiger partial charge in [-0.25, -0.2) is 0 Å². The Bertz CT molecular complexity index is 1120. The average Bonchev–Trinajstić information content (AvgIpc) is 3.30. The lowest BCUT2D eigenvalue weighted by atomic mass is 9.57. The van der Waals surface area contributed by atoms with E-state index in [-0.39, 0.29) is 16.2 Å². The molecule has 3 aliphatic rings. The summed E-state index contributed by atoms with van der Waals surface area (Å²) >= 11 is 0. The molecule has 34 heavy (non-hydrogen) atoms. The standard InChI is InChI=1S/C32H44N2/c1-8-11-14-17-31(5)25-16-13-12-15-23(25)24-20-27-28(21-26(24)31)34-19-18-33(7)29(34)22-30(4,9-2)32(27,6)10-3/h12-13,15-16,18-21,29H,8-11,14,17,22H2,1-7H3/t29?,30-,31?,32?/m0/s1. The lowest BCUT2D eigenvalue weighted by molar-refractivity contribution is 0.102. The van der Waals surface area contributed by atoms with Crippen LogP contribution in [0, 0.1) is 5.41 Å². The highest BCUT2D eigenvalue weighted by molar-refractivity contribution is 5.85. The largest absolute Gasteiger partial charge is 0.359 e. The number of anilines is 1. The maximum atomic E-state index is 2.63. The third-order valence-corrected chi connectivity index (χ3v) is 10.4. The zero-order valence-electron chi connectivity index (χ0n) is 22.5. The highest BCUT2D eigenvalue weighted by Gasteiger charge is 2.52. The molecule has 5 rings (SSSR count). The van der Waals surface area contributed by atoms with Crippen LogP contribution in [-0.4, -0.2) is 18.1 Å². The second-order valence-corrected chi connectivity index (χ2v) is 11.9. The van der Waals surface area contributed by atoms with Crippen LogP contribution in [0.4, 0.5) is 5.69 Å². The van der Waals surface area contributed by atoms with Crippen molar-refractivity contribution in [3.05, 3.63) is 65.5 Å². The molecule has 4 atom stereocenters. The summed E-state index contributed by atoms with van der Waals surface area (Å²) in [6, 6.07) is 14.5. The van der Waals surface area contributed by atoms with Gasteiger partial charge in [0.2, 0.25) is 0 Å². The number of fused-ring (bicyclic) bond motifs is 6. The second-order valence-electron chi connectivity index (χ2n) is 11.9. The van der Waals surface area contributed by atoms with E-state index in [2.05, 4.69) is 107 Å². The van der Waals surface area contributed by atoms with Crippen molar-refractivity contribution in [2.75, 3.05) is 11.9 Å². The Morgan fingerprint density at radius 3 is 2.32 bits per heavy atom. The van der Waals surface area contributed by atoms with Gasteiger partial charge in [0.15, 0.2) is 0 Å². The Morgan fingerprint density at radius 2 is 1.62 bits per heavy atom. The van der Waals surface area contributed by atoms with E-state index in [1.54, 1.807) is 11.1 Å². The maximum Gasteiger partial charge on any atom is 0.106 e. The minimum absolute atomic E-state index is 0.0872. The molecule has 0 fully saturated rings. The predicted molar refractivity (Wildman–Crippen MR) is 146 cm³/mol. The smallest absolute Gasteiger partial charge is 0.106 e. The molecule has 0 aromatic heterocycles. The van der Waals surface area contributed by atoms with Crippen molar-refractivity contribution >= 4 is 5.69 Å². The van der Waals surface area contributed by atoms with Gasteiger partial charge in [-0.1, -0.05) is 85.1 Å². The van der Waals surface area contributed by atoms with Crippen LogP contribution in [0.5, 0.6) is 0 Å². The fourth-order valence-corrected chi connectivity index (χ4v) is 7.43. The number of rotatable bonds is 6. The molecule has 0 N–H and O–H groups in total. The van der Waals surface area contributed by atoms with Gasteiger partial charge in [-0.05, 0) is 76.5 Å². The number of unbranched alkanes of at least 4 members (excludes halogenated alkanes) is 2. The van der Waals surface area contributed by atoms with E-state index in [1.807, 2.05) is 0 Å². The Hall–Kier alpha value is -2.22. The van der Waals surface area contributed by atoms with E-state index < -0.39 is 0 Å². The van der Waals surface area contributed by atoms with Crippen LogP contribution < -0.4 is 4.90 Å². The quantitative estimate of drug-likeness (QED) is 0.402. The summed E-state index contributed by atoms with van der Waals surface area (Å²) in [5, 5.41) is 0. The molecule has 3 unspecified atom stereocenters. The second kappa shape index (κ2) is 8.18. The molecule has 0 amide bonds. The molecular formula is C32H44N2. The first-order valence-corrected chi connectivity index (χ1v) is 13.7. The van der Waals surface area contributed by atoms with Crippen LogP contribution in [0.3, 0.4) is 0 Å². The van der Waals surface area contributed by atoms with Gasteiger partial charge in [-0.2, -0.15) is 0 Å². The molecule has 1 aliphatic carbocycles. The topological polar surface area (TPSA) is 6.48 Å². The minimum atomic E-state index is 0.0872. The summed E-state index contributed by atoms with van der Waals surface area (Å²) in [7, 11) is 2.25. The summed E-state index contributed by atoms with van der Waals surface area (Å²) in [6.45, 7) is 14.7. The van der Waals surface area contributed by atoms with Crippen molar-refractivity contribution in [2.24, 2.45) is 5.41 Å². The SMILES string of the molecule is CCCCCC1(C)c2ccccc2-c2cc3c(cc21)N1C=CN(C)C1C[C@](C)(CC)C3(C)CC. The van der Waals surface area contributed by atoms with Crippen LogP contribution in [-0.2, 0) is 10.8 Å². The molecule has 2 aromatic carbocycles. The lowest BCUT2D eigenvalue weighted by Crippen LogP contribution is -2.44. The van der Waals surface area contributed by atoms with Gasteiger partial charge in [0.1, 0.15) is 6.17 Å². The van der Waals surface area contributed by atoms with Crippen LogP contribution in [0.15, 0.2) is 48.8 Å². The zero-order valence-corrected chi connectivity index (χ0v) is 22.5. The summed E-state index contributed by atoms with van der Waals surface area (Å²) in [5.74, 6) is 0. The van der Waals surface area contributed by atoms with E-state index >= 15 is 0 Å². The van der Waals surface area contributed by atoms with Gasteiger partial charge in [0, 0.05) is 30.5 Å². The van der Waals surface area contributed by atoms with E-state index in [0.29, 0.717) is 6.17 Å². The maximum absolute atomic E-state index is 2.63. The summed E-state index contributed by atoms with van der Waals surface area (Å²) in [6.07, 6.45) is 13.6. The summed E-state index contributed by atoms with van der Waals surface area (Å²) in [5.41, 5.74) is 9.46. The van der Waals surface area contributed by atoms with Crippen molar-refractivity contribution in [3.8, 4) is 11.1 Å². The first-order chi connectivity index (χ1) is 16.2. The molecule has 0 saturated carbocycles. The molecule has 182 valence electrons. The molecule has 2 aromatic rings. The van der Waals surface area contributed by atoms with Crippen LogP contribution in [0.25, 0.3) is 11.1 Å². The summed E-state index contributed by atoms with van der Waals surface area (Å²) < 4.78 is 0. The minimum Gasteiger partial charge on any atom is -0.359 e. The van der Waals surface area contributed by atoms with Gasteiger partial charge >= 0.3 is 0 Å². The van der Waals surface area contributed by atoms with E-state index in [1.165, 1.54) is 60.9 Å².